The van der Waals surface area contributed by atoms with Gasteiger partial charge in [0.15, 0.2) is 0 Å². The number of allylic oxidation sites excluding steroid dienone is 1. The Balaban J connectivity index is 0. The second-order valence-electron chi connectivity index (χ2n) is 11.8. The topological polar surface area (TPSA) is 127 Å². The van der Waals surface area contributed by atoms with Crippen molar-refractivity contribution in [1.29, 1.82) is 0 Å². The van der Waals surface area contributed by atoms with Crippen molar-refractivity contribution in [2.45, 2.75) is 193 Å². The molecule has 0 heterocycles. The van der Waals surface area contributed by atoms with E-state index in [2.05, 4.69) is 19.2 Å². The van der Waals surface area contributed by atoms with E-state index >= 15 is 0 Å². The van der Waals surface area contributed by atoms with E-state index in [1.807, 2.05) is 6.08 Å². The van der Waals surface area contributed by atoms with Gasteiger partial charge >= 0.3 is 26.7 Å². The van der Waals surface area contributed by atoms with Crippen LogP contribution in [-0.4, -0.2) is 57.7 Å². The number of carbonyl (C=O) groups is 1. The summed E-state index contributed by atoms with van der Waals surface area (Å²) >= 11 is -3.29. The van der Waals surface area contributed by atoms with Crippen LogP contribution in [0, 0.1) is 0 Å². The standard InChI is InChI=1S/C34H67NO3.H2O3Se/c1-3-5-7-9-11-13-15-17-19-21-23-25-27-29-33(37)32(31-36)35-34(38)30-28-26-24-22-20-18-16-14-12-10-8-6-4-2;1-4(2)3/h27,29,32-33,36-37H,3-26,28,30-31H2,1-2H3,(H,35,38);(H2,1,2,3)/b29-27+;/t32-,33+;/m0./s1. The quantitative estimate of drug-likeness (QED) is 0.0301. The average molecular weight is 667 g/mol. The Bertz CT molecular complexity index is 601. The second-order valence-corrected chi connectivity index (χ2v) is 12.8. The number of rotatable bonds is 30. The molecule has 42 heavy (non-hydrogen) atoms. The first-order chi connectivity index (χ1) is 20.4. The van der Waals surface area contributed by atoms with Gasteiger partial charge in [-0.3, -0.25) is 4.79 Å². The number of carbonyl (C=O) groups excluding carboxylic acids is 1. The maximum absolute atomic E-state index is 12.2. The molecule has 0 aliphatic heterocycles. The van der Waals surface area contributed by atoms with Gasteiger partial charge in [-0.1, -0.05) is 167 Å². The fourth-order valence-corrected chi connectivity index (χ4v) is 5.12. The molecule has 0 rings (SSSR count). The Morgan fingerprint density at radius 1 is 0.643 bits per heavy atom. The van der Waals surface area contributed by atoms with Crippen molar-refractivity contribution < 1.29 is 27.2 Å². The SMILES string of the molecule is CCCCCCCCCCCCC/C=C/[C@@H](O)[C@H](CO)NC(=O)CCCCCCCCCCCCCCC.O=[Se](O)O. The summed E-state index contributed by atoms with van der Waals surface area (Å²) in [5.41, 5.74) is 0. The van der Waals surface area contributed by atoms with E-state index in [0.717, 1.165) is 25.7 Å². The summed E-state index contributed by atoms with van der Waals surface area (Å²) in [6.45, 7) is 4.29. The first kappa shape index (κ1) is 43.5. The normalized spacial score (nSPS) is 12.8. The zero-order chi connectivity index (χ0) is 31.5. The molecule has 0 aliphatic rings. The van der Waals surface area contributed by atoms with E-state index in [-0.39, 0.29) is 12.5 Å². The molecular weight excluding hydrogens is 597 g/mol. The van der Waals surface area contributed by atoms with Crippen molar-refractivity contribution in [3.63, 3.8) is 0 Å². The number of nitrogens with one attached hydrogen (secondary N) is 1. The fourth-order valence-electron chi connectivity index (χ4n) is 5.12. The van der Waals surface area contributed by atoms with E-state index in [1.54, 1.807) is 6.08 Å². The molecule has 252 valence electrons. The number of aliphatic hydroxyl groups excluding tert-OH is 2. The van der Waals surface area contributed by atoms with Crippen molar-refractivity contribution in [2.24, 2.45) is 0 Å². The summed E-state index contributed by atoms with van der Waals surface area (Å²) in [5.74, 6) is -0.0649. The van der Waals surface area contributed by atoms with Gasteiger partial charge in [0.2, 0.25) is 5.91 Å². The van der Waals surface area contributed by atoms with Gasteiger partial charge in [0.05, 0.1) is 18.8 Å². The Hall–Kier alpha value is -0.631. The van der Waals surface area contributed by atoms with Crippen molar-refractivity contribution in [3.8, 4) is 0 Å². The van der Waals surface area contributed by atoms with Crippen molar-refractivity contribution in [2.75, 3.05) is 6.61 Å². The van der Waals surface area contributed by atoms with Crippen LogP contribution in [0.1, 0.15) is 181 Å². The van der Waals surface area contributed by atoms with Crippen LogP contribution in [-0.2, 0) is 8.63 Å². The zero-order valence-corrected chi connectivity index (χ0v) is 29.1. The van der Waals surface area contributed by atoms with Gasteiger partial charge in [-0.15, -0.1) is 0 Å². The van der Waals surface area contributed by atoms with E-state index < -0.39 is 26.6 Å². The third-order valence-corrected chi connectivity index (χ3v) is 7.77. The summed E-state index contributed by atoms with van der Waals surface area (Å²) < 4.78 is 23.1. The van der Waals surface area contributed by atoms with Crippen LogP contribution in [0.5, 0.6) is 0 Å². The van der Waals surface area contributed by atoms with Gasteiger partial charge in [0, 0.05) is 6.42 Å². The Kier molecular flexibility index (Phi) is 37.9. The minimum atomic E-state index is -3.29. The molecular formula is C34H69NO6Se. The number of hydrogen-bond acceptors (Lipinski definition) is 4. The Morgan fingerprint density at radius 2 is 0.976 bits per heavy atom. The molecule has 0 spiro atoms. The van der Waals surface area contributed by atoms with Gasteiger partial charge in [-0.2, -0.15) is 0 Å². The zero-order valence-electron chi connectivity index (χ0n) is 27.4. The Morgan fingerprint density at radius 3 is 1.33 bits per heavy atom. The van der Waals surface area contributed by atoms with Gasteiger partial charge in [-0.05, 0) is 19.3 Å². The molecule has 0 fully saturated rings. The van der Waals surface area contributed by atoms with Gasteiger partial charge in [-0.25, -0.2) is 0 Å². The van der Waals surface area contributed by atoms with Crippen LogP contribution in [0.3, 0.4) is 0 Å². The van der Waals surface area contributed by atoms with Crippen LogP contribution < -0.4 is 5.32 Å². The van der Waals surface area contributed by atoms with E-state index in [0.29, 0.717) is 6.42 Å². The van der Waals surface area contributed by atoms with Crippen LogP contribution in [0.4, 0.5) is 0 Å². The summed E-state index contributed by atoms with van der Waals surface area (Å²) in [7, 11) is 0. The molecule has 0 aromatic rings. The number of hydrogen-bond donors (Lipinski definition) is 5. The molecule has 0 aliphatic carbocycles. The summed E-state index contributed by atoms with van der Waals surface area (Å²) in [6, 6.07) is -0.613. The molecule has 0 unspecified atom stereocenters. The monoisotopic (exact) mass is 667 g/mol. The van der Waals surface area contributed by atoms with E-state index in [1.165, 1.54) is 135 Å². The van der Waals surface area contributed by atoms with E-state index in [9.17, 15) is 15.0 Å². The van der Waals surface area contributed by atoms with Crippen molar-refractivity contribution >= 4 is 20.4 Å². The molecule has 5 N–H and O–H groups in total. The molecule has 0 aromatic carbocycles. The predicted octanol–water partition coefficient (Wildman–Crippen LogP) is 7.95. The van der Waals surface area contributed by atoms with Crippen LogP contribution in [0.2, 0.25) is 0 Å². The molecule has 0 saturated heterocycles. The van der Waals surface area contributed by atoms with Crippen LogP contribution in [0.25, 0.3) is 0 Å². The maximum atomic E-state index is 12.2. The van der Waals surface area contributed by atoms with Gasteiger partial charge in [0.25, 0.3) is 0 Å². The molecule has 0 saturated carbocycles. The molecule has 2 atom stereocenters. The first-order valence-corrected chi connectivity index (χ1v) is 19.7. The number of aliphatic hydroxyl groups is 2. The summed E-state index contributed by atoms with van der Waals surface area (Å²) in [6.07, 6.45) is 35.7. The number of unbranched alkanes of at least 4 members (excludes halogenated alkanes) is 23. The van der Waals surface area contributed by atoms with Gasteiger partial charge < -0.3 is 15.5 Å². The molecule has 7 nitrogen and oxygen atoms in total. The van der Waals surface area contributed by atoms with Crippen molar-refractivity contribution in [3.05, 3.63) is 12.2 Å². The molecule has 0 radical (unpaired) electrons. The van der Waals surface area contributed by atoms with Crippen LogP contribution in [0.15, 0.2) is 12.2 Å². The summed E-state index contributed by atoms with van der Waals surface area (Å²) in [5, 5.41) is 22.8. The van der Waals surface area contributed by atoms with Crippen molar-refractivity contribution in [1.82, 2.24) is 5.32 Å². The molecule has 0 bridgehead atoms. The number of amides is 1. The third kappa shape index (κ3) is 37.4. The molecule has 0 aromatic heterocycles. The third-order valence-electron chi connectivity index (χ3n) is 7.77. The molecule has 1 amide bonds. The average Bonchev–Trinajstić information content (AvgIpc) is 2.96. The van der Waals surface area contributed by atoms with Gasteiger partial charge in [0.1, 0.15) is 0 Å². The Labute approximate surface area is 264 Å². The molecule has 8 heteroatoms. The minimum absolute atomic E-state index is 0.0649. The fraction of sp³-hybridized carbons (Fsp3) is 0.912. The predicted molar refractivity (Wildman–Crippen MR) is 176 cm³/mol. The first-order valence-electron chi connectivity index (χ1n) is 17.4. The van der Waals surface area contributed by atoms with Crippen LogP contribution >= 0.6 is 0 Å². The summed E-state index contributed by atoms with van der Waals surface area (Å²) in [4.78, 5) is 12.2. The van der Waals surface area contributed by atoms with E-state index in [4.69, 9.17) is 12.2 Å². The second kappa shape index (κ2) is 36.6.